The van der Waals surface area contributed by atoms with Gasteiger partial charge in [-0.1, -0.05) is 13.8 Å². The molecule has 1 N–H and O–H groups in total. The average molecular weight is 440 g/mol. The number of hydrogen-bond acceptors (Lipinski definition) is 6. The van der Waals surface area contributed by atoms with Crippen LogP contribution in [0.2, 0.25) is 0 Å². The standard InChI is InChI=1S/C19H19F3N4O3S/c1-11(2)9-29-18(28)14(8-26-6-5-23-10-26)24-16(27)17-25-13-4-3-12(19(20,21)22)7-15(13)30-17/h3-7,10-11,14H,8-9H2,1-2H3,(H,24,27). The van der Waals surface area contributed by atoms with E-state index in [4.69, 9.17) is 4.74 Å². The van der Waals surface area contributed by atoms with Crippen LogP contribution in [0, 0.1) is 5.92 Å². The first-order valence-corrected chi connectivity index (χ1v) is 9.86. The zero-order valence-electron chi connectivity index (χ0n) is 16.1. The molecular formula is C19H19F3N4O3S. The van der Waals surface area contributed by atoms with Crippen LogP contribution in [0.25, 0.3) is 10.2 Å². The fourth-order valence-electron chi connectivity index (χ4n) is 2.55. The number of esters is 1. The summed E-state index contributed by atoms with van der Waals surface area (Å²) in [6.07, 6.45) is 0.164. The number of thiazole rings is 1. The Hall–Kier alpha value is -2.95. The van der Waals surface area contributed by atoms with Crippen LogP contribution in [0.15, 0.2) is 36.9 Å². The summed E-state index contributed by atoms with van der Waals surface area (Å²) in [4.78, 5) is 33.1. The minimum Gasteiger partial charge on any atom is -0.464 e. The number of benzene rings is 1. The third-order valence-corrected chi connectivity index (χ3v) is 5.03. The van der Waals surface area contributed by atoms with E-state index in [2.05, 4.69) is 15.3 Å². The maximum atomic E-state index is 12.9. The highest BCUT2D eigenvalue weighted by molar-refractivity contribution is 7.20. The van der Waals surface area contributed by atoms with Gasteiger partial charge >= 0.3 is 12.1 Å². The summed E-state index contributed by atoms with van der Waals surface area (Å²) in [6.45, 7) is 4.04. The van der Waals surface area contributed by atoms with Crippen molar-refractivity contribution >= 4 is 33.4 Å². The summed E-state index contributed by atoms with van der Waals surface area (Å²) in [6, 6.07) is 2.06. The normalized spacial score (nSPS) is 12.9. The van der Waals surface area contributed by atoms with Crippen molar-refractivity contribution < 1.29 is 27.5 Å². The van der Waals surface area contributed by atoms with Crippen LogP contribution in [-0.2, 0) is 22.3 Å². The molecule has 2 heterocycles. The minimum atomic E-state index is -4.49. The van der Waals surface area contributed by atoms with Gasteiger partial charge in [-0.2, -0.15) is 13.2 Å². The van der Waals surface area contributed by atoms with E-state index in [0.717, 1.165) is 23.5 Å². The van der Waals surface area contributed by atoms with Crippen molar-refractivity contribution in [3.05, 3.63) is 47.5 Å². The van der Waals surface area contributed by atoms with Crippen molar-refractivity contribution in [2.75, 3.05) is 6.61 Å². The number of nitrogens with one attached hydrogen (secondary N) is 1. The monoisotopic (exact) mass is 440 g/mol. The van der Waals surface area contributed by atoms with E-state index in [1.54, 1.807) is 10.8 Å². The molecule has 0 radical (unpaired) electrons. The van der Waals surface area contributed by atoms with E-state index in [1.807, 2.05) is 13.8 Å². The zero-order valence-corrected chi connectivity index (χ0v) is 17.0. The van der Waals surface area contributed by atoms with E-state index in [0.29, 0.717) is 0 Å². The van der Waals surface area contributed by atoms with Crippen molar-refractivity contribution in [1.82, 2.24) is 19.9 Å². The molecule has 0 aliphatic heterocycles. The van der Waals surface area contributed by atoms with Crippen LogP contribution in [0.4, 0.5) is 13.2 Å². The number of alkyl halides is 3. The number of carbonyl (C=O) groups excluding carboxylic acids is 2. The lowest BCUT2D eigenvalue weighted by Crippen LogP contribution is -2.44. The Kier molecular flexibility index (Phi) is 6.40. The van der Waals surface area contributed by atoms with Gasteiger partial charge in [-0.3, -0.25) is 4.79 Å². The molecule has 7 nitrogen and oxygen atoms in total. The highest BCUT2D eigenvalue weighted by Gasteiger charge is 2.31. The van der Waals surface area contributed by atoms with Crippen molar-refractivity contribution in [3.63, 3.8) is 0 Å². The fraction of sp³-hybridized carbons (Fsp3) is 0.368. The van der Waals surface area contributed by atoms with Gasteiger partial charge in [-0.05, 0) is 24.1 Å². The molecule has 3 aromatic rings. The van der Waals surface area contributed by atoms with Gasteiger partial charge in [0.2, 0.25) is 0 Å². The summed E-state index contributed by atoms with van der Waals surface area (Å²) < 4.78 is 45.8. The number of nitrogens with zero attached hydrogens (tertiary/aromatic N) is 3. The zero-order chi connectivity index (χ0) is 21.9. The topological polar surface area (TPSA) is 86.1 Å². The lowest BCUT2D eigenvalue weighted by Gasteiger charge is -2.18. The summed E-state index contributed by atoms with van der Waals surface area (Å²) in [7, 11) is 0. The second kappa shape index (κ2) is 8.82. The second-order valence-electron chi connectivity index (χ2n) is 7.01. The highest BCUT2D eigenvalue weighted by Crippen LogP contribution is 2.33. The predicted molar refractivity (Wildman–Crippen MR) is 104 cm³/mol. The summed E-state index contributed by atoms with van der Waals surface area (Å²) >= 11 is 0.821. The molecule has 0 saturated heterocycles. The van der Waals surface area contributed by atoms with Crippen molar-refractivity contribution in [2.24, 2.45) is 5.92 Å². The molecule has 0 aliphatic rings. The van der Waals surface area contributed by atoms with Gasteiger partial charge in [0.1, 0.15) is 6.04 Å². The third-order valence-electron chi connectivity index (χ3n) is 4.01. The molecule has 1 unspecified atom stereocenters. The molecule has 1 aromatic carbocycles. The summed E-state index contributed by atoms with van der Waals surface area (Å²) in [5.41, 5.74) is -0.549. The molecule has 3 rings (SSSR count). The number of aromatic nitrogens is 3. The Bertz CT molecular complexity index is 1030. The molecular weight excluding hydrogens is 421 g/mol. The summed E-state index contributed by atoms with van der Waals surface area (Å²) in [5.74, 6) is -1.17. The Morgan fingerprint density at radius 3 is 2.70 bits per heavy atom. The molecule has 0 fully saturated rings. The largest absolute Gasteiger partial charge is 0.464 e. The quantitative estimate of drug-likeness (QED) is 0.569. The molecule has 30 heavy (non-hydrogen) atoms. The Labute approximate surface area is 173 Å². The van der Waals surface area contributed by atoms with E-state index < -0.39 is 29.7 Å². The number of carbonyl (C=O) groups is 2. The Balaban J connectivity index is 1.79. The first-order valence-electron chi connectivity index (χ1n) is 9.04. The van der Waals surface area contributed by atoms with E-state index >= 15 is 0 Å². The predicted octanol–water partition coefficient (Wildman–Crippen LogP) is 3.51. The molecule has 0 bridgehead atoms. The fourth-order valence-corrected chi connectivity index (χ4v) is 3.46. The number of fused-ring (bicyclic) bond motifs is 1. The number of halogens is 3. The van der Waals surface area contributed by atoms with Gasteiger partial charge in [-0.25, -0.2) is 14.8 Å². The van der Waals surface area contributed by atoms with Gasteiger partial charge in [0.05, 0.1) is 35.3 Å². The molecule has 160 valence electrons. The van der Waals surface area contributed by atoms with E-state index in [9.17, 15) is 22.8 Å². The first kappa shape index (κ1) is 21.8. The second-order valence-corrected chi connectivity index (χ2v) is 8.04. The van der Waals surface area contributed by atoms with Crippen LogP contribution in [-0.4, -0.2) is 39.1 Å². The minimum absolute atomic E-state index is 0.0448. The molecule has 0 saturated carbocycles. The van der Waals surface area contributed by atoms with Gasteiger partial charge in [0.25, 0.3) is 5.91 Å². The van der Waals surface area contributed by atoms with Gasteiger partial charge in [-0.15, -0.1) is 11.3 Å². The van der Waals surface area contributed by atoms with Crippen LogP contribution < -0.4 is 5.32 Å². The van der Waals surface area contributed by atoms with E-state index in [1.165, 1.54) is 18.6 Å². The average Bonchev–Trinajstić information content (AvgIpc) is 3.33. The Morgan fingerprint density at radius 1 is 1.30 bits per heavy atom. The maximum Gasteiger partial charge on any atom is 0.416 e. The van der Waals surface area contributed by atoms with Gasteiger partial charge < -0.3 is 14.6 Å². The molecule has 1 atom stereocenters. The van der Waals surface area contributed by atoms with Crippen LogP contribution in [0.1, 0.15) is 29.2 Å². The third kappa shape index (κ3) is 5.35. The van der Waals surface area contributed by atoms with Gasteiger partial charge in [0.15, 0.2) is 5.01 Å². The molecule has 0 spiro atoms. The van der Waals surface area contributed by atoms with Crippen LogP contribution in [0.5, 0.6) is 0 Å². The summed E-state index contributed by atoms with van der Waals surface area (Å²) in [5, 5.41) is 2.52. The van der Waals surface area contributed by atoms with Crippen molar-refractivity contribution in [1.29, 1.82) is 0 Å². The van der Waals surface area contributed by atoms with E-state index in [-0.39, 0.29) is 34.3 Å². The van der Waals surface area contributed by atoms with Crippen molar-refractivity contribution in [3.8, 4) is 0 Å². The molecule has 11 heteroatoms. The van der Waals surface area contributed by atoms with Crippen molar-refractivity contribution in [2.45, 2.75) is 32.6 Å². The highest BCUT2D eigenvalue weighted by atomic mass is 32.1. The first-order chi connectivity index (χ1) is 14.1. The van der Waals surface area contributed by atoms with Crippen LogP contribution in [0.3, 0.4) is 0 Å². The van der Waals surface area contributed by atoms with Crippen LogP contribution >= 0.6 is 11.3 Å². The molecule has 2 aromatic heterocycles. The number of hydrogen-bond donors (Lipinski definition) is 1. The smallest absolute Gasteiger partial charge is 0.416 e. The number of rotatable bonds is 7. The number of imidazole rings is 1. The lowest BCUT2D eigenvalue weighted by molar-refractivity contribution is -0.147. The maximum absolute atomic E-state index is 12.9. The lowest BCUT2D eigenvalue weighted by atomic mass is 10.2. The van der Waals surface area contributed by atoms with Gasteiger partial charge in [0, 0.05) is 12.4 Å². The molecule has 0 aliphatic carbocycles. The molecule has 1 amide bonds. The Morgan fingerprint density at radius 2 is 2.07 bits per heavy atom. The SMILES string of the molecule is CC(C)COC(=O)C(Cn1ccnc1)NC(=O)c1nc2ccc(C(F)(F)F)cc2s1. The number of ether oxygens (including phenoxy) is 1. The number of amides is 1.